The van der Waals surface area contributed by atoms with Gasteiger partial charge in [-0.15, -0.1) is 21.5 Å². The summed E-state index contributed by atoms with van der Waals surface area (Å²) in [6, 6.07) is 14.0. The molecule has 0 radical (unpaired) electrons. The van der Waals surface area contributed by atoms with Gasteiger partial charge >= 0.3 is 0 Å². The number of aryl methyl sites for hydroxylation is 2. The van der Waals surface area contributed by atoms with Gasteiger partial charge in [0.05, 0.1) is 11.4 Å². The zero-order valence-corrected chi connectivity index (χ0v) is 17.7. The van der Waals surface area contributed by atoms with Crippen LogP contribution in [0.15, 0.2) is 59.2 Å². The van der Waals surface area contributed by atoms with Crippen molar-refractivity contribution >= 4 is 34.1 Å². The van der Waals surface area contributed by atoms with Gasteiger partial charge in [-0.05, 0) is 31.2 Å². The van der Waals surface area contributed by atoms with E-state index < -0.39 is 0 Å². The van der Waals surface area contributed by atoms with Gasteiger partial charge in [-0.1, -0.05) is 30.0 Å². The van der Waals surface area contributed by atoms with E-state index in [4.69, 9.17) is 0 Å². The van der Waals surface area contributed by atoms with Gasteiger partial charge < -0.3 is 9.88 Å². The van der Waals surface area contributed by atoms with E-state index in [1.54, 1.807) is 0 Å². The van der Waals surface area contributed by atoms with Crippen LogP contribution in [0.3, 0.4) is 0 Å². The summed E-state index contributed by atoms with van der Waals surface area (Å²) >= 11 is 2.78. The van der Waals surface area contributed by atoms with Gasteiger partial charge in [0, 0.05) is 36.4 Å². The van der Waals surface area contributed by atoms with E-state index in [1.165, 1.54) is 23.1 Å². The smallest absolute Gasteiger partial charge is 0.236 e. The third-order valence-electron chi connectivity index (χ3n) is 4.30. The number of anilines is 1. The predicted octanol–water partition coefficient (Wildman–Crippen LogP) is 3.69. The second-order valence-corrected chi connectivity index (χ2v) is 8.29. The van der Waals surface area contributed by atoms with Crippen molar-refractivity contribution in [1.82, 2.24) is 24.3 Å². The normalized spacial score (nSPS) is 11.0. The standard InChI is InChI=1S/C20H20N6OS2/c1-14-12-28-19(21-14)22-18(27)13-29-20-24-23-17(11-16-9-6-10-25(16)2)26(20)15-7-4-3-5-8-15/h3-10,12H,11,13H2,1-2H3,(H,21,22,27). The van der Waals surface area contributed by atoms with Crippen LogP contribution >= 0.6 is 23.1 Å². The molecule has 0 aliphatic carbocycles. The molecule has 3 heterocycles. The highest BCUT2D eigenvalue weighted by Crippen LogP contribution is 2.24. The number of hydrogen-bond donors (Lipinski definition) is 1. The molecule has 29 heavy (non-hydrogen) atoms. The van der Waals surface area contributed by atoms with E-state index in [0.29, 0.717) is 16.7 Å². The molecule has 0 bridgehead atoms. The highest BCUT2D eigenvalue weighted by atomic mass is 32.2. The molecule has 1 N–H and O–H groups in total. The van der Waals surface area contributed by atoms with E-state index in [0.717, 1.165) is 22.9 Å². The fraction of sp³-hybridized carbons (Fsp3) is 0.200. The lowest BCUT2D eigenvalue weighted by atomic mass is 10.2. The van der Waals surface area contributed by atoms with Crippen molar-refractivity contribution in [3.63, 3.8) is 0 Å². The zero-order chi connectivity index (χ0) is 20.2. The van der Waals surface area contributed by atoms with Crippen molar-refractivity contribution in [2.75, 3.05) is 11.1 Å². The third kappa shape index (κ3) is 4.57. The number of amides is 1. The first-order valence-corrected chi connectivity index (χ1v) is 10.9. The Morgan fingerprint density at radius 2 is 2.00 bits per heavy atom. The molecule has 0 aliphatic heterocycles. The van der Waals surface area contributed by atoms with Gasteiger partial charge in [-0.2, -0.15) is 0 Å². The molecule has 4 aromatic rings. The topological polar surface area (TPSA) is 77.6 Å². The summed E-state index contributed by atoms with van der Waals surface area (Å²) < 4.78 is 4.08. The van der Waals surface area contributed by atoms with Crippen LogP contribution in [0, 0.1) is 6.92 Å². The number of para-hydroxylation sites is 1. The van der Waals surface area contributed by atoms with Crippen LogP contribution in [-0.2, 0) is 18.3 Å². The quantitative estimate of drug-likeness (QED) is 0.458. The molecule has 0 saturated heterocycles. The second-order valence-electron chi connectivity index (χ2n) is 6.49. The lowest BCUT2D eigenvalue weighted by Gasteiger charge is -2.10. The molecule has 0 fully saturated rings. The van der Waals surface area contributed by atoms with Crippen molar-refractivity contribution in [2.45, 2.75) is 18.5 Å². The van der Waals surface area contributed by atoms with Gasteiger partial charge in [0.1, 0.15) is 5.82 Å². The maximum absolute atomic E-state index is 12.3. The highest BCUT2D eigenvalue weighted by molar-refractivity contribution is 7.99. The van der Waals surface area contributed by atoms with Crippen LogP contribution in [-0.4, -0.2) is 36.0 Å². The number of nitrogens with zero attached hydrogens (tertiary/aromatic N) is 5. The number of aromatic nitrogens is 5. The Kier molecular flexibility index (Phi) is 5.77. The molecule has 9 heteroatoms. The SMILES string of the molecule is Cc1csc(NC(=O)CSc2nnc(Cc3cccn3C)n2-c2ccccc2)n1. The lowest BCUT2D eigenvalue weighted by molar-refractivity contribution is -0.113. The average Bonchev–Trinajstić information content (AvgIpc) is 3.42. The monoisotopic (exact) mass is 424 g/mol. The van der Waals surface area contributed by atoms with Crippen molar-refractivity contribution in [2.24, 2.45) is 7.05 Å². The fourth-order valence-corrected chi connectivity index (χ4v) is 4.36. The Morgan fingerprint density at radius 3 is 2.69 bits per heavy atom. The van der Waals surface area contributed by atoms with Gasteiger partial charge in [-0.25, -0.2) is 4.98 Å². The number of thiazole rings is 1. The first kappa shape index (κ1) is 19.4. The van der Waals surface area contributed by atoms with Crippen molar-refractivity contribution in [3.8, 4) is 5.69 Å². The molecule has 0 unspecified atom stereocenters. The molecule has 3 aromatic heterocycles. The van der Waals surface area contributed by atoms with Crippen LogP contribution < -0.4 is 5.32 Å². The van der Waals surface area contributed by atoms with Gasteiger partial charge in [0.15, 0.2) is 10.3 Å². The second kappa shape index (κ2) is 8.62. The minimum absolute atomic E-state index is 0.115. The molecular weight excluding hydrogens is 404 g/mol. The Morgan fingerprint density at radius 1 is 1.17 bits per heavy atom. The molecule has 0 atom stereocenters. The molecule has 7 nitrogen and oxygen atoms in total. The molecule has 148 valence electrons. The van der Waals surface area contributed by atoms with E-state index in [9.17, 15) is 4.79 Å². The van der Waals surface area contributed by atoms with Crippen molar-refractivity contribution in [3.05, 3.63) is 71.3 Å². The van der Waals surface area contributed by atoms with Crippen molar-refractivity contribution < 1.29 is 4.79 Å². The Hall–Kier alpha value is -2.91. The van der Waals surface area contributed by atoms with Gasteiger partial charge in [0.25, 0.3) is 0 Å². The van der Waals surface area contributed by atoms with E-state index in [1.807, 2.05) is 66.5 Å². The Balaban J connectivity index is 1.54. The minimum Gasteiger partial charge on any atom is -0.354 e. The van der Waals surface area contributed by atoms with E-state index >= 15 is 0 Å². The third-order valence-corrected chi connectivity index (χ3v) is 6.11. The first-order chi connectivity index (χ1) is 14.1. The number of rotatable bonds is 7. The molecule has 0 aliphatic rings. The molecule has 4 rings (SSSR count). The van der Waals surface area contributed by atoms with Gasteiger partial charge in [-0.3, -0.25) is 9.36 Å². The fourth-order valence-electron chi connectivity index (χ4n) is 2.88. The number of nitrogens with one attached hydrogen (secondary N) is 1. The van der Waals surface area contributed by atoms with Gasteiger partial charge in [0.2, 0.25) is 5.91 Å². The Labute approximate surface area is 176 Å². The van der Waals surface area contributed by atoms with Crippen LogP contribution in [0.2, 0.25) is 0 Å². The number of carbonyl (C=O) groups excluding carboxylic acids is 1. The predicted molar refractivity (Wildman–Crippen MR) is 116 cm³/mol. The van der Waals surface area contributed by atoms with E-state index in [-0.39, 0.29) is 11.7 Å². The summed E-state index contributed by atoms with van der Waals surface area (Å²) in [6.07, 6.45) is 2.66. The summed E-state index contributed by atoms with van der Waals surface area (Å²) in [4.78, 5) is 16.6. The largest absolute Gasteiger partial charge is 0.354 e. The van der Waals surface area contributed by atoms with Crippen LogP contribution in [0.1, 0.15) is 17.2 Å². The number of benzene rings is 1. The first-order valence-electron chi connectivity index (χ1n) is 9.05. The lowest BCUT2D eigenvalue weighted by Crippen LogP contribution is -2.14. The zero-order valence-electron chi connectivity index (χ0n) is 16.1. The summed E-state index contributed by atoms with van der Waals surface area (Å²) in [7, 11) is 2.01. The maximum atomic E-state index is 12.3. The summed E-state index contributed by atoms with van der Waals surface area (Å²) in [6.45, 7) is 1.90. The number of hydrogen-bond acceptors (Lipinski definition) is 6. The number of carbonyl (C=O) groups is 1. The van der Waals surface area contributed by atoms with Crippen LogP contribution in [0.4, 0.5) is 5.13 Å². The van der Waals surface area contributed by atoms with Crippen LogP contribution in [0.25, 0.3) is 5.69 Å². The maximum Gasteiger partial charge on any atom is 0.236 e. The minimum atomic E-state index is -0.115. The Bertz CT molecular complexity index is 1120. The number of thioether (sulfide) groups is 1. The van der Waals surface area contributed by atoms with Crippen molar-refractivity contribution in [1.29, 1.82) is 0 Å². The highest BCUT2D eigenvalue weighted by Gasteiger charge is 2.17. The molecule has 1 amide bonds. The molecule has 1 aromatic carbocycles. The average molecular weight is 425 g/mol. The van der Waals surface area contributed by atoms with Crippen LogP contribution in [0.5, 0.6) is 0 Å². The summed E-state index contributed by atoms with van der Waals surface area (Å²) in [5, 5.41) is 14.8. The molecular formula is C20H20N6OS2. The molecule has 0 spiro atoms. The summed E-state index contributed by atoms with van der Waals surface area (Å²) in [5.74, 6) is 0.945. The molecule has 0 saturated carbocycles. The summed E-state index contributed by atoms with van der Waals surface area (Å²) in [5.41, 5.74) is 3.01. The van der Waals surface area contributed by atoms with E-state index in [2.05, 4.69) is 31.1 Å².